The van der Waals surface area contributed by atoms with Crippen molar-refractivity contribution >= 4 is 23.3 Å². The lowest BCUT2D eigenvalue weighted by Gasteiger charge is -2.37. The number of fused-ring (bicyclic) bond motifs is 1. The second kappa shape index (κ2) is 9.07. The molecule has 1 amide bonds. The Morgan fingerprint density at radius 3 is 2.47 bits per heavy atom. The maximum atomic E-state index is 13.1. The summed E-state index contributed by atoms with van der Waals surface area (Å²) >= 11 is 5.97. The lowest BCUT2D eigenvalue weighted by Crippen LogP contribution is -2.54. The van der Waals surface area contributed by atoms with Crippen LogP contribution in [0.15, 0.2) is 48.5 Å². The molecule has 12 heteroatoms. The van der Waals surface area contributed by atoms with E-state index in [9.17, 15) is 23.1 Å². The van der Waals surface area contributed by atoms with E-state index in [0.29, 0.717) is 11.6 Å². The van der Waals surface area contributed by atoms with E-state index in [-0.39, 0.29) is 29.8 Å². The highest BCUT2D eigenvalue weighted by molar-refractivity contribution is 6.30. The molecule has 1 aliphatic rings. The van der Waals surface area contributed by atoms with E-state index in [1.165, 1.54) is 28.6 Å². The van der Waals surface area contributed by atoms with Crippen LogP contribution in [0.5, 0.6) is 17.5 Å². The highest BCUT2D eigenvalue weighted by atomic mass is 35.5. The monoisotopic (exact) mass is 496 g/mol. The lowest BCUT2D eigenvalue weighted by molar-refractivity contribution is -0.274. The van der Waals surface area contributed by atoms with Crippen LogP contribution in [0.25, 0.3) is 0 Å². The molecule has 0 spiro atoms. The summed E-state index contributed by atoms with van der Waals surface area (Å²) in [5.41, 5.74) is 0.940. The second-order valence-corrected chi connectivity index (χ2v) is 7.89. The summed E-state index contributed by atoms with van der Waals surface area (Å²) in [5, 5.41) is 11.0. The molecule has 4 rings (SSSR count). The molecule has 3 aromatic rings. The second-order valence-electron chi connectivity index (χ2n) is 7.45. The number of ether oxygens (including phenoxy) is 2. The van der Waals surface area contributed by atoms with Crippen LogP contribution in [0.1, 0.15) is 23.0 Å². The molecule has 1 aromatic heterocycles. The third-order valence-corrected chi connectivity index (χ3v) is 5.43. The van der Waals surface area contributed by atoms with Crippen molar-refractivity contribution in [3.63, 3.8) is 0 Å². The van der Waals surface area contributed by atoms with Gasteiger partial charge in [0.15, 0.2) is 11.5 Å². The summed E-state index contributed by atoms with van der Waals surface area (Å²) in [5.74, 6) is -0.736. The number of carbonyl (C=O) groups excluding carboxylic acids is 1. The zero-order valence-corrected chi connectivity index (χ0v) is 18.8. The minimum Gasteiger partial charge on any atom is -0.425 e. The Bertz CT molecular complexity index is 1200. The Morgan fingerprint density at radius 1 is 1.15 bits per heavy atom. The zero-order valence-electron chi connectivity index (χ0n) is 18.1. The number of nitrogens with zero attached hydrogens (tertiary/aromatic N) is 4. The van der Waals surface area contributed by atoms with E-state index in [1.54, 1.807) is 31.2 Å². The molecule has 8 nitrogen and oxygen atoms in total. The standard InChI is InChI=1S/C22H20ClF3N4O4/c1-3-29-18-17(19(31)28(2)21(29)32)30(12-13-7-9-14(23)10-8-13)20(27-18)33-15-5-4-6-16(11-15)34-22(24,25)26/h4-11,21,32H,3,12H2,1-2H3. The minimum absolute atomic E-state index is 0.0193. The topological polar surface area (TPSA) is 80.1 Å². The van der Waals surface area contributed by atoms with Crippen LogP contribution in [0.2, 0.25) is 5.02 Å². The number of alkyl halides is 3. The highest BCUT2D eigenvalue weighted by Gasteiger charge is 2.39. The fourth-order valence-electron chi connectivity index (χ4n) is 3.57. The first-order chi connectivity index (χ1) is 16.1. The molecule has 1 N–H and O–H groups in total. The van der Waals surface area contributed by atoms with Gasteiger partial charge in [-0.2, -0.15) is 4.98 Å². The molecule has 0 radical (unpaired) electrons. The Kier molecular flexibility index (Phi) is 6.32. The van der Waals surface area contributed by atoms with Crippen molar-refractivity contribution in [3.05, 3.63) is 64.8 Å². The molecule has 34 heavy (non-hydrogen) atoms. The van der Waals surface area contributed by atoms with E-state index in [0.717, 1.165) is 22.6 Å². The number of carbonyl (C=O) groups is 1. The Hall–Kier alpha value is -3.44. The molecule has 1 atom stereocenters. The smallest absolute Gasteiger partial charge is 0.425 e. The molecule has 1 unspecified atom stereocenters. The number of benzene rings is 2. The fraction of sp³-hybridized carbons (Fsp3) is 0.273. The van der Waals surface area contributed by atoms with Crippen molar-refractivity contribution in [2.45, 2.75) is 26.2 Å². The first kappa shape index (κ1) is 23.7. The van der Waals surface area contributed by atoms with E-state index in [1.807, 2.05) is 0 Å². The van der Waals surface area contributed by atoms with Gasteiger partial charge in [-0.3, -0.25) is 14.3 Å². The fourth-order valence-corrected chi connectivity index (χ4v) is 3.70. The van der Waals surface area contributed by atoms with Crippen LogP contribution >= 0.6 is 11.6 Å². The molecular weight excluding hydrogens is 477 g/mol. The van der Waals surface area contributed by atoms with Crippen molar-refractivity contribution in [2.24, 2.45) is 0 Å². The molecule has 2 heterocycles. The summed E-state index contributed by atoms with van der Waals surface area (Å²) in [6.07, 6.45) is -6.10. The van der Waals surface area contributed by atoms with Crippen LogP contribution < -0.4 is 14.4 Å². The van der Waals surface area contributed by atoms with Gasteiger partial charge in [-0.25, -0.2) is 0 Å². The average Bonchev–Trinajstić information content (AvgIpc) is 3.10. The van der Waals surface area contributed by atoms with E-state index >= 15 is 0 Å². The molecule has 0 saturated carbocycles. The minimum atomic E-state index is -4.86. The number of rotatable bonds is 6. The van der Waals surface area contributed by atoms with Crippen LogP contribution in [-0.4, -0.2) is 51.8 Å². The quantitative estimate of drug-likeness (QED) is 0.542. The van der Waals surface area contributed by atoms with Gasteiger partial charge in [0, 0.05) is 24.7 Å². The number of imidazole rings is 1. The Labute approximate surface area is 197 Å². The molecule has 0 saturated heterocycles. The van der Waals surface area contributed by atoms with Crippen molar-refractivity contribution in [2.75, 3.05) is 18.5 Å². The van der Waals surface area contributed by atoms with Gasteiger partial charge in [0.2, 0.25) is 6.35 Å². The predicted octanol–water partition coefficient (Wildman–Crippen LogP) is 4.46. The number of aliphatic hydroxyl groups is 1. The van der Waals surface area contributed by atoms with Gasteiger partial charge in [0.25, 0.3) is 5.91 Å². The third-order valence-electron chi connectivity index (χ3n) is 5.18. The van der Waals surface area contributed by atoms with Gasteiger partial charge in [-0.1, -0.05) is 29.8 Å². The number of halogens is 4. The summed E-state index contributed by atoms with van der Waals surface area (Å²) in [7, 11) is 1.46. The number of aromatic nitrogens is 2. The lowest BCUT2D eigenvalue weighted by atomic mass is 10.2. The van der Waals surface area contributed by atoms with Gasteiger partial charge in [-0.15, -0.1) is 13.2 Å². The number of hydrogen-bond donors (Lipinski definition) is 1. The molecule has 0 aliphatic carbocycles. The van der Waals surface area contributed by atoms with Crippen molar-refractivity contribution in [3.8, 4) is 17.5 Å². The van der Waals surface area contributed by atoms with Gasteiger partial charge >= 0.3 is 12.4 Å². The molecule has 1 aliphatic heterocycles. The Balaban J connectivity index is 1.78. The van der Waals surface area contributed by atoms with Crippen LogP contribution in [0.3, 0.4) is 0 Å². The molecule has 0 fully saturated rings. The first-order valence-electron chi connectivity index (χ1n) is 10.2. The number of aliphatic hydroxyl groups excluding tert-OH is 1. The number of amides is 1. The predicted molar refractivity (Wildman–Crippen MR) is 117 cm³/mol. The maximum absolute atomic E-state index is 13.1. The first-order valence-corrected chi connectivity index (χ1v) is 10.6. The van der Waals surface area contributed by atoms with Gasteiger partial charge in [0.05, 0.1) is 6.54 Å². The summed E-state index contributed by atoms with van der Waals surface area (Å²) < 4.78 is 49.2. The van der Waals surface area contributed by atoms with Gasteiger partial charge in [-0.05, 0) is 36.8 Å². The maximum Gasteiger partial charge on any atom is 0.573 e. The van der Waals surface area contributed by atoms with Crippen LogP contribution in [0.4, 0.5) is 19.0 Å². The molecular formula is C22H20ClF3N4O4. The van der Waals surface area contributed by atoms with Gasteiger partial charge < -0.3 is 19.5 Å². The number of anilines is 1. The normalized spacial score (nSPS) is 16.0. The van der Waals surface area contributed by atoms with Crippen LogP contribution in [-0.2, 0) is 6.54 Å². The number of hydrogen-bond acceptors (Lipinski definition) is 6. The molecule has 2 aromatic carbocycles. The summed E-state index contributed by atoms with van der Waals surface area (Å²) in [6.45, 7) is 2.27. The van der Waals surface area contributed by atoms with Gasteiger partial charge in [0.1, 0.15) is 11.5 Å². The molecule has 0 bridgehead atoms. The summed E-state index contributed by atoms with van der Waals surface area (Å²) in [4.78, 5) is 20.2. The highest BCUT2D eigenvalue weighted by Crippen LogP contribution is 2.36. The van der Waals surface area contributed by atoms with E-state index in [2.05, 4.69) is 9.72 Å². The van der Waals surface area contributed by atoms with Crippen molar-refractivity contribution in [1.82, 2.24) is 14.5 Å². The average molecular weight is 497 g/mol. The van der Waals surface area contributed by atoms with Crippen LogP contribution in [0, 0.1) is 0 Å². The zero-order chi connectivity index (χ0) is 24.6. The van der Waals surface area contributed by atoms with Crippen molar-refractivity contribution < 1.29 is 32.5 Å². The summed E-state index contributed by atoms with van der Waals surface area (Å²) in [6, 6.07) is 11.8. The third kappa shape index (κ3) is 4.75. The molecule has 180 valence electrons. The van der Waals surface area contributed by atoms with E-state index < -0.39 is 24.4 Å². The van der Waals surface area contributed by atoms with Crippen molar-refractivity contribution in [1.29, 1.82) is 0 Å². The Morgan fingerprint density at radius 2 is 1.82 bits per heavy atom. The largest absolute Gasteiger partial charge is 0.573 e. The van der Waals surface area contributed by atoms with E-state index in [4.69, 9.17) is 16.3 Å². The SMILES string of the molecule is CCN1c2nc(Oc3cccc(OC(F)(F)F)c3)n(Cc3ccc(Cl)cc3)c2C(=O)N(C)C1O.